The van der Waals surface area contributed by atoms with E-state index in [1.54, 1.807) is 0 Å². The maximum Gasteiger partial charge on any atom is 0.234 e. The highest BCUT2D eigenvalue weighted by Gasteiger charge is 2.39. The lowest BCUT2D eigenvalue weighted by Crippen LogP contribution is -2.58. The summed E-state index contributed by atoms with van der Waals surface area (Å²) in [5.41, 5.74) is 0. The van der Waals surface area contributed by atoms with Gasteiger partial charge in [-0.05, 0) is 37.5 Å². The Labute approximate surface area is 110 Å². The number of nitrogens with zero attached hydrogens (tertiary/aromatic N) is 1. The Morgan fingerprint density at radius 1 is 1.06 bits per heavy atom. The Morgan fingerprint density at radius 3 is 2.61 bits per heavy atom. The molecule has 1 heterocycles. The van der Waals surface area contributed by atoms with Crippen molar-refractivity contribution in [3.63, 3.8) is 0 Å². The fraction of sp³-hybridized carbons (Fsp3) is 0.933. The molecule has 102 valence electrons. The van der Waals surface area contributed by atoms with Crippen molar-refractivity contribution >= 4 is 5.91 Å². The Balaban J connectivity index is 1.41. The van der Waals surface area contributed by atoms with E-state index in [0.29, 0.717) is 6.54 Å². The van der Waals surface area contributed by atoms with E-state index in [1.807, 2.05) is 0 Å². The van der Waals surface area contributed by atoms with Crippen LogP contribution in [0, 0.1) is 11.8 Å². The maximum atomic E-state index is 11.9. The van der Waals surface area contributed by atoms with Crippen molar-refractivity contribution in [2.75, 3.05) is 19.6 Å². The molecule has 0 spiro atoms. The molecular weight excluding hydrogens is 224 g/mol. The van der Waals surface area contributed by atoms with Crippen LogP contribution in [0.4, 0.5) is 0 Å². The minimum Gasteiger partial charge on any atom is -0.355 e. The topological polar surface area (TPSA) is 32.3 Å². The molecular formula is C15H26N2O. The van der Waals surface area contributed by atoms with Gasteiger partial charge in [0.05, 0.1) is 6.54 Å². The van der Waals surface area contributed by atoms with Gasteiger partial charge in [-0.25, -0.2) is 0 Å². The third kappa shape index (κ3) is 3.05. The number of likely N-dealkylation sites (tertiary alicyclic amines) is 1. The highest BCUT2D eigenvalue weighted by molar-refractivity contribution is 5.78. The molecule has 2 saturated carbocycles. The van der Waals surface area contributed by atoms with Gasteiger partial charge in [-0.2, -0.15) is 0 Å². The molecule has 1 N–H and O–H groups in total. The normalized spacial score (nSPS) is 32.9. The van der Waals surface area contributed by atoms with Crippen LogP contribution in [0.2, 0.25) is 0 Å². The Bertz CT molecular complexity index is 301. The zero-order valence-electron chi connectivity index (χ0n) is 11.4. The lowest BCUT2D eigenvalue weighted by Gasteiger charge is -2.49. The average molecular weight is 250 g/mol. The van der Waals surface area contributed by atoms with Crippen molar-refractivity contribution in [2.45, 2.75) is 57.4 Å². The molecule has 3 nitrogen and oxygen atoms in total. The van der Waals surface area contributed by atoms with Crippen LogP contribution in [0.1, 0.15) is 51.4 Å². The van der Waals surface area contributed by atoms with E-state index >= 15 is 0 Å². The number of nitrogens with one attached hydrogen (secondary N) is 1. The zero-order valence-corrected chi connectivity index (χ0v) is 11.4. The monoisotopic (exact) mass is 250 g/mol. The van der Waals surface area contributed by atoms with E-state index in [0.717, 1.165) is 24.4 Å². The summed E-state index contributed by atoms with van der Waals surface area (Å²) in [5.74, 6) is 1.93. The van der Waals surface area contributed by atoms with Crippen molar-refractivity contribution in [3.05, 3.63) is 0 Å². The highest BCUT2D eigenvalue weighted by Crippen LogP contribution is 2.34. The molecule has 0 unspecified atom stereocenters. The van der Waals surface area contributed by atoms with Crippen LogP contribution in [-0.4, -0.2) is 36.5 Å². The highest BCUT2D eigenvalue weighted by atomic mass is 16.2. The molecule has 0 aromatic rings. The lowest BCUT2D eigenvalue weighted by atomic mass is 9.79. The molecule has 1 aliphatic heterocycles. The fourth-order valence-corrected chi connectivity index (χ4v) is 3.54. The second kappa shape index (κ2) is 5.60. The van der Waals surface area contributed by atoms with Crippen LogP contribution >= 0.6 is 0 Å². The van der Waals surface area contributed by atoms with Gasteiger partial charge >= 0.3 is 0 Å². The minimum atomic E-state index is 0.252. The first-order chi connectivity index (χ1) is 8.83. The molecule has 0 radical (unpaired) electrons. The SMILES string of the molecule is O=C(CN1C[C@@H]2CCCCCC[C@@H]21)NCC1CC1. The van der Waals surface area contributed by atoms with Gasteiger partial charge in [0.2, 0.25) is 5.91 Å². The van der Waals surface area contributed by atoms with Crippen molar-refractivity contribution in [2.24, 2.45) is 11.8 Å². The van der Waals surface area contributed by atoms with Gasteiger partial charge < -0.3 is 5.32 Å². The summed E-state index contributed by atoms with van der Waals surface area (Å²) in [6, 6.07) is 0.719. The van der Waals surface area contributed by atoms with E-state index in [9.17, 15) is 4.79 Å². The molecule has 1 saturated heterocycles. The van der Waals surface area contributed by atoms with Crippen LogP contribution in [0.3, 0.4) is 0 Å². The standard InChI is InChI=1S/C15H26N2O/c18-15(16-9-12-7-8-12)11-17-10-13-5-3-1-2-4-6-14(13)17/h12-14H,1-11H2,(H,16,18)/t13-,14-/m0/s1. The maximum absolute atomic E-state index is 11.9. The molecule has 3 heteroatoms. The molecule has 3 rings (SSSR count). The van der Waals surface area contributed by atoms with E-state index in [4.69, 9.17) is 0 Å². The Kier molecular flexibility index (Phi) is 3.88. The van der Waals surface area contributed by atoms with E-state index < -0.39 is 0 Å². The largest absolute Gasteiger partial charge is 0.355 e. The molecule has 1 amide bonds. The third-order valence-corrected chi connectivity index (χ3v) is 4.94. The summed E-state index contributed by atoms with van der Waals surface area (Å²) < 4.78 is 0. The van der Waals surface area contributed by atoms with Gasteiger partial charge in [0.25, 0.3) is 0 Å². The molecule has 2 atom stereocenters. The van der Waals surface area contributed by atoms with E-state index in [1.165, 1.54) is 57.9 Å². The second-order valence-corrected chi connectivity index (χ2v) is 6.50. The number of hydrogen-bond acceptors (Lipinski definition) is 2. The van der Waals surface area contributed by atoms with Crippen LogP contribution < -0.4 is 5.32 Å². The quantitative estimate of drug-likeness (QED) is 0.829. The van der Waals surface area contributed by atoms with Gasteiger partial charge in [-0.1, -0.05) is 25.7 Å². The van der Waals surface area contributed by atoms with Crippen LogP contribution in [-0.2, 0) is 4.79 Å². The second-order valence-electron chi connectivity index (χ2n) is 6.50. The molecule has 0 aromatic heterocycles. The summed E-state index contributed by atoms with van der Waals surface area (Å²) in [7, 11) is 0. The Morgan fingerprint density at radius 2 is 1.83 bits per heavy atom. The Hall–Kier alpha value is -0.570. The van der Waals surface area contributed by atoms with Crippen molar-refractivity contribution in [1.82, 2.24) is 10.2 Å². The minimum absolute atomic E-state index is 0.252. The molecule has 2 aliphatic carbocycles. The summed E-state index contributed by atoms with van der Waals surface area (Å²) in [6.45, 7) is 2.73. The summed E-state index contributed by atoms with van der Waals surface area (Å²) >= 11 is 0. The van der Waals surface area contributed by atoms with Crippen LogP contribution in [0.5, 0.6) is 0 Å². The zero-order chi connectivity index (χ0) is 12.4. The summed E-state index contributed by atoms with van der Waals surface area (Å²) in [5, 5.41) is 3.09. The first kappa shape index (κ1) is 12.5. The number of carbonyl (C=O) groups excluding carboxylic acids is 1. The average Bonchev–Trinajstić information content (AvgIpc) is 3.13. The number of fused-ring (bicyclic) bond motifs is 1. The van der Waals surface area contributed by atoms with Gasteiger partial charge in [0.1, 0.15) is 0 Å². The van der Waals surface area contributed by atoms with Crippen molar-refractivity contribution < 1.29 is 4.79 Å². The number of hydrogen-bond donors (Lipinski definition) is 1. The molecule has 0 aromatic carbocycles. The van der Waals surface area contributed by atoms with Crippen LogP contribution in [0.15, 0.2) is 0 Å². The number of amides is 1. The molecule has 3 fully saturated rings. The first-order valence-corrected chi connectivity index (χ1v) is 7.83. The van der Waals surface area contributed by atoms with E-state index in [2.05, 4.69) is 10.2 Å². The predicted octanol–water partition coefficient (Wildman–Crippen LogP) is 2.17. The number of rotatable bonds is 4. The predicted molar refractivity (Wildman–Crippen MR) is 72.3 cm³/mol. The van der Waals surface area contributed by atoms with Crippen molar-refractivity contribution in [1.29, 1.82) is 0 Å². The van der Waals surface area contributed by atoms with Gasteiger partial charge in [0, 0.05) is 19.1 Å². The van der Waals surface area contributed by atoms with Gasteiger partial charge in [-0.15, -0.1) is 0 Å². The lowest BCUT2D eigenvalue weighted by molar-refractivity contribution is -0.126. The summed E-state index contributed by atoms with van der Waals surface area (Å²) in [4.78, 5) is 14.3. The fourth-order valence-electron chi connectivity index (χ4n) is 3.54. The van der Waals surface area contributed by atoms with Crippen LogP contribution in [0.25, 0.3) is 0 Å². The molecule has 0 bridgehead atoms. The van der Waals surface area contributed by atoms with Gasteiger partial charge in [-0.3, -0.25) is 9.69 Å². The molecule has 18 heavy (non-hydrogen) atoms. The van der Waals surface area contributed by atoms with E-state index in [-0.39, 0.29) is 5.91 Å². The van der Waals surface area contributed by atoms with Gasteiger partial charge in [0.15, 0.2) is 0 Å². The molecule has 3 aliphatic rings. The summed E-state index contributed by atoms with van der Waals surface area (Å²) in [6.07, 6.45) is 10.9. The first-order valence-electron chi connectivity index (χ1n) is 7.83. The van der Waals surface area contributed by atoms with Crippen molar-refractivity contribution in [3.8, 4) is 0 Å². The third-order valence-electron chi connectivity index (χ3n) is 4.94. The smallest absolute Gasteiger partial charge is 0.234 e. The number of carbonyl (C=O) groups is 1.